The minimum atomic E-state index is -0.225. The van der Waals surface area contributed by atoms with E-state index in [1.54, 1.807) is 18.2 Å². The van der Waals surface area contributed by atoms with Gasteiger partial charge in [0.2, 0.25) is 0 Å². The van der Waals surface area contributed by atoms with Crippen LogP contribution in [-0.2, 0) is 0 Å². The summed E-state index contributed by atoms with van der Waals surface area (Å²) < 4.78 is 5.45. The number of nitrogens with one attached hydrogen (secondary N) is 1. The minimum Gasteiger partial charge on any atom is -0.504 e. The first-order chi connectivity index (χ1) is 9.13. The van der Waals surface area contributed by atoms with Crippen molar-refractivity contribution >= 4 is 5.91 Å². The van der Waals surface area contributed by atoms with Crippen molar-refractivity contribution in [2.75, 3.05) is 0 Å². The van der Waals surface area contributed by atoms with Crippen LogP contribution in [0.15, 0.2) is 34.7 Å². The van der Waals surface area contributed by atoms with Gasteiger partial charge in [-0.25, -0.2) is 0 Å². The predicted molar refractivity (Wildman–Crippen MR) is 68.0 cm³/mol. The first-order valence-corrected chi connectivity index (χ1v) is 6.06. The molecule has 0 bridgehead atoms. The topological polar surface area (TPSA) is 82.7 Å². The highest BCUT2D eigenvalue weighted by Crippen LogP contribution is 2.31. The van der Waals surface area contributed by atoms with Crippen molar-refractivity contribution in [3.63, 3.8) is 0 Å². The van der Waals surface area contributed by atoms with E-state index in [-0.39, 0.29) is 29.2 Å². The summed E-state index contributed by atoms with van der Waals surface area (Å²) >= 11 is 0. The van der Waals surface area contributed by atoms with E-state index >= 15 is 0 Å². The van der Waals surface area contributed by atoms with Gasteiger partial charge in [0.25, 0.3) is 5.91 Å². The van der Waals surface area contributed by atoms with Crippen LogP contribution in [-0.4, -0.2) is 22.2 Å². The molecule has 5 nitrogen and oxygen atoms in total. The third kappa shape index (κ3) is 2.40. The van der Waals surface area contributed by atoms with Crippen LogP contribution in [0.5, 0.6) is 11.5 Å². The number of carbonyl (C=O) groups excluding carboxylic acids is 1. The van der Waals surface area contributed by atoms with Crippen molar-refractivity contribution in [3.8, 4) is 22.8 Å². The monoisotopic (exact) mass is 259 g/mol. The molecule has 1 heterocycles. The van der Waals surface area contributed by atoms with Crippen LogP contribution < -0.4 is 5.32 Å². The minimum absolute atomic E-state index is 0.193. The molecule has 3 rings (SSSR count). The number of phenolic OH excluding ortho intramolecular Hbond substituents is 2. The molecule has 0 atom stereocenters. The smallest absolute Gasteiger partial charge is 0.287 e. The normalized spacial score (nSPS) is 14.3. The molecule has 5 heteroatoms. The number of benzene rings is 1. The van der Waals surface area contributed by atoms with Gasteiger partial charge < -0.3 is 19.9 Å². The molecule has 0 saturated heterocycles. The van der Waals surface area contributed by atoms with Crippen LogP contribution in [0.3, 0.4) is 0 Å². The molecule has 0 unspecified atom stereocenters. The number of hydrogen-bond acceptors (Lipinski definition) is 4. The Hall–Kier alpha value is -2.43. The summed E-state index contributed by atoms with van der Waals surface area (Å²) in [5, 5.41) is 21.5. The highest BCUT2D eigenvalue weighted by molar-refractivity contribution is 5.92. The fourth-order valence-corrected chi connectivity index (χ4v) is 1.78. The fourth-order valence-electron chi connectivity index (χ4n) is 1.78. The quantitative estimate of drug-likeness (QED) is 0.738. The molecule has 98 valence electrons. The lowest BCUT2D eigenvalue weighted by Crippen LogP contribution is -2.24. The van der Waals surface area contributed by atoms with E-state index in [0.717, 1.165) is 12.8 Å². The van der Waals surface area contributed by atoms with Gasteiger partial charge in [0.1, 0.15) is 5.76 Å². The molecule has 2 aromatic rings. The average molecular weight is 259 g/mol. The number of aromatic hydroxyl groups is 2. The first kappa shape index (κ1) is 11.6. The van der Waals surface area contributed by atoms with Gasteiger partial charge in [0.05, 0.1) is 0 Å². The third-order valence-electron chi connectivity index (χ3n) is 3.00. The lowest BCUT2D eigenvalue weighted by Gasteiger charge is -2.01. The molecule has 1 aromatic heterocycles. The van der Waals surface area contributed by atoms with Crippen molar-refractivity contribution in [1.82, 2.24) is 5.32 Å². The van der Waals surface area contributed by atoms with Crippen molar-refractivity contribution in [2.45, 2.75) is 18.9 Å². The molecule has 1 aromatic carbocycles. The van der Waals surface area contributed by atoms with Crippen LogP contribution in [0.1, 0.15) is 23.4 Å². The second-order valence-electron chi connectivity index (χ2n) is 4.62. The summed E-state index contributed by atoms with van der Waals surface area (Å²) in [4.78, 5) is 11.8. The molecular weight excluding hydrogens is 246 g/mol. The van der Waals surface area contributed by atoms with Gasteiger partial charge in [-0.05, 0) is 43.2 Å². The van der Waals surface area contributed by atoms with Crippen molar-refractivity contribution in [1.29, 1.82) is 0 Å². The third-order valence-corrected chi connectivity index (χ3v) is 3.00. The Labute approximate surface area is 109 Å². The zero-order valence-corrected chi connectivity index (χ0v) is 10.1. The maximum Gasteiger partial charge on any atom is 0.287 e. The Balaban J connectivity index is 1.83. The van der Waals surface area contributed by atoms with Gasteiger partial charge in [-0.15, -0.1) is 0 Å². The predicted octanol–water partition coefficient (Wildman–Crippen LogP) is 2.25. The van der Waals surface area contributed by atoms with E-state index in [4.69, 9.17) is 4.42 Å². The SMILES string of the molecule is O=C(NC1CC1)c1ccc(-c2ccc(O)c(O)c2)o1. The summed E-state index contributed by atoms with van der Waals surface area (Å²) in [5.41, 5.74) is 0.598. The molecule has 0 spiro atoms. The van der Waals surface area contributed by atoms with Crippen molar-refractivity contribution in [3.05, 3.63) is 36.1 Å². The fraction of sp³-hybridized carbons (Fsp3) is 0.214. The van der Waals surface area contributed by atoms with E-state index < -0.39 is 0 Å². The Morgan fingerprint density at radius 2 is 1.95 bits per heavy atom. The zero-order valence-electron chi connectivity index (χ0n) is 10.1. The number of carbonyl (C=O) groups is 1. The number of amides is 1. The number of furan rings is 1. The molecule has 1 aliphatic rings. The molecule has 1 saturated carbocycles. The summed E-state index contributed by atoms with van der Waals surface area (Å²) in [6.07, 6.45) is 2.04. The molecular formula is C14H13NO4. The summed E-state index contributed by atoms with van der Waals surface area (Å²) in [6.45, 7) is 0. The second kappa shape index (κ2) is 4.35. The zero-order chi connectivity index (χ0) is 13.4. The number of rotatable bonds is 3. The van der Waals surface area contributed by atoms with Crippen molar-refractivity contribution in [2.24, 2.45) is 0 Å². The number of hydrogen-bond donors (Lipinski definition) is 3. The molecule has 1 amide bonds. The Morgan fingerprint density at radius 1 is 1.16 bits per heavy atom. The maximum absolute atomic E-state index is 11.8. The molecule has 3 N–H and O–H groups in total. The molecule has 1 fully saturated rings. The molecule has 19 heavy (non-hydrogen) atoms. The van der Waals surface area contributed by atoms with E-state index in [0.29, 0.717) is 11.3 Å². The highest BCUT2D eigenvalue weighted by Gasteiger charge is 2.25. The van der Waals surface area contributed by atoms with Crippen LogP contribution in [0.2, 0.25) is 0 Å². The molecule has 0 aliphatic heterocycles. The Bertz CT molecular complexity index is 628. The van der Waals surface area contributed by atoms with E-state index in [1.165, 1.54) is 12.1 Å². The average Bonchev–Trinajstić information content (AvgIpc) is 3.06. The van der Waals surface area contributed by atoms with Crippen LogP contribution in [0.25, 0.3) is 11.3 Å². The standard InChI is InChI=1S/C14H13NO4/c16-10-4-1-8(7-11(10)17)12-5-6-13(19-12)14(18)15-9-2-3-9/h1,4-7,9,16-17H,2-3H2,(H,15,18). The van der Waals surface area contributed by atoms with E-state index in [2.05, 4.69) is 5.32 Å². The van der Waals surface area contributed by atoms with Gasteiger partial charge in [-0.2, -0.15) is 0 Å². The van der Waals surface area contributed by atoms with Gasteiger partial charge in [-0.3, -0.25) is 4.79 Å². The van der Waals surface area contributed by atoms with E-state index in [9.17, 15) is 15.0 Å². The first-order valence-electron chi connectivity index (χ1n) is 6.06. The Kier molecular flexibility index (Phi) is 2.67. The van der Waals surface area contributed by atoms with Gasteiger partial charge in [-0.1, -0.05) is 0 Å². The summed E-state index contributed by atoms with van der Waals surface area (Å²) in [5.74, 6) is 0.0716. The molecule has 0 radical (unpaired) electrons. The highest BCUT2D eigenvalue weighted by atomic mass is 16.4. The summed E-state index contributed by atoms with van der Waals surface area (Å²) in [6, 6.07) is 7.90. The van der Waals surface area contributed by atoms with Crippen LogP contribution in [0, 0.1) is 0 Å². The second-order valence-corrected chi connectivity index (χ2v) is 4.62. The maximum atomic E-state index is 11.8. The largest absolute Gasteiger partial charge is 0.504 e. The summed E-state index contributed by atoms with van der Waals surface area (Å²) in [7, 11) is 0. The van der Waals surface area contributed by atoms with Gasteiger partial charge in [0.15, 0.2) is 17.3 Å². The van der Waals surface area contributed by atoms with Crippen LogP contribution in [0.4, 0.5) is 0 Å². The molecule has 1 aliphatic carbocycles. The number of phenols is 2. The van der Waals surface area contributed by atoms with E-state index in [1.807, 2.05) is 0 Å². The lowest BCUT2D eigenvalue weighted by atomic mass is 10.1. The van der Waals surface area contributed by atoms with Gasteiger partial charge >= 0.3 is 0 Å². The van der Waals surface area contributed by atoms with Crippen LogP contribution >= 0.6 is 0 Å². The lowest BCUT2D eigenvalue weighted by molar-refractivity contribution is 0.0924. The van der Waals surface area contributed by atoms with Crippen molar-refractivity contribution < 1.29 is 19.4 Å². The van der Waals surface area contributed by atoms with Gasteiger partial charge in [0, 0.05) is 11.6 Å². The Morgan fingerprint density at radius 3 is 2.63 bits per heavy atom.